The minimum absolute atomic E-state index is 0.0432. The molecule has 0 N–H and O–H groups in total. The number of hydrazine groups is 1. The maximum Gasteiger partial charge on any atom is 0.242 e. The highest BCUT2D eigenvalue weighted by Crippen LogP contribution is 2.39. The number of hydrogen-bond acceptors (Lipinski definition) is 4. The average molecular weight is 324 g/mol. The summed E-state index contributed by atoms with van der Waals surface area (Å²) in [7, 11) is 1.80. The molecule has 2 aromatic rings. The van der Waals surface area contributed by atoms with E-state index in [0.29, 0.717) is 10.5 Å². The van der Waals surface area contributed by atoms with E-state index in [2.05, 4.69) is 0 Å². The molecule has 0 saturated heterocycles. The van der Waals surface area contributed by atoms with Gasteiger partial charge in [-0.25, -0.2) is 5.01 Å². The zero-order chi connectivity index (χ0) is 16.4. The van der Waals surface area contributed by atoms with Crippen LogP contribution in [0.3, 0.4) is 0 Å². The summed E-state index contributed by atoms with van der Waals surface area (Å²) in [5.41, 5.74) is 1.56. The Morgan fingerprint density at radius 1 is 1.04 bits per heavy atom. The number of allylic oxidation sites excluding steroid dienone is 1. The first kappa shape index (κ1) is 15.4. The lowest BCUT2D eigenvalue weighted by molar-refractivity contribution is -0.126. The lowest BCUT2D eigenvalue weighted by Crippen LogP contribution is -2.39. The number of hydrogen-bond donors (Lipinski definition) is 0. The van der Waals surface area contributed by atoms with Crippen LogP contribution in [0.25, 0.3) is 0 Å². The topological polar surface area (TPSA) is 40.6 Å². The summed E-state index contributed by atoms with van der Waals surface area (Å²) in [6.07, 6.45) is 1.61. The molecule has 0 saturated carbocycles. The van der Waals surface area contributed by atoms with Crippen molar-refractivity contribution in [2.45, 2.75) is 11.8 Å². The molecule has 1 heterocycles. The predicted molar refractivity (Wildman–Crippen MR) is 92.1 cm³/mol. The van der Waals surface area contributed by atoms with E-state index in [1.165, 1.54) is 23.7 Å². The third-order valence-corrected chi connectivity index (χ3v) is 4.68. The Bertz CT molecular complexity index is 787. The molecule has 0 aliphatic carbocycles. The van der Waals surface area contributed by atoms with E-state index < -0.39 is 0 Å². The molecule has 0 fully saturated rings. The molecule has 2 aromatic carbocycles. The molecule has 4 nitrogen and oxygen atoms in total. The Hall–Kier alpha value is -2.53. The molecule has 0 bridgehead atoms. The van der Waals surface area contributed by atoms with Crippen molar-refractivity contribution in [1.82, 2.24) is 5.01 Å². The Morgan fingerprint density at radius 2 is 1.70 bits per heavy atom. The summed E-state index contributed by atoms with van der Waals surface area (Å²) >= 11 is 1.39. The van der Waals surface area contributed by atoms with Crippen LogP contribution >= 0.6 is 11.8 Å². The molecule has 1 aliphatic heterocycles. The number of nitrogens with zero attached hydrogens (tertiary/aromatic N) is 2. The normalized spacial score (nSPS) is 14.7. The molecular formula is C18H16N2O2S. The number of benzene rings is 2. The van der Waals surface area contributed by atoms with Gasteiger partial charge in [0.05, 0.1) is 10.6 Å². The van der Waals surface area contributed by atoms with Crippen molar-refractivity contribution < 1.29 is 9.59 Å². The summed E-state index contributed by atoms with van der Waals surface area (Å²) in [6.45, 7) is 1.48. The first-order valence-corrected chi connectivity index (χ1v) is 8.01. The van der Waals surface area contributed by atoms with Crippen LogP contribution in [0.1, 0.15) is 17.3 Å². The van der Waals surface area contributed by atoms with E-state index in [1.54, 1.807) is 18.3 Å². The third kappa shape index (κ3) is 3.00. The highest BCUT2D eigenvalue weighted by atomic mass is 32.2. The summed E-state index contributed by atoms with van der Waals surface area (Å²) in [4.78, 5) is 26.0. The van der Waals surface area contributed by atoms with Crippen molar-refractivity contribution in [2.75, 3.05) is 12.1 Å². The van der Waals surface area contributed by atoms with Crippen LogP contribution in [0.2, 0.25) is 0 Å². The van der Waals surface area contributed by atoms with E-state index in [1.807, 2.05) is 54.6 Å². The number of anilines is 1. The van der Waals surface area contributed by atoms with E-state index in [9.17, 15) is 9.59 Å². The van der Waals surface area contributed by atoms with Crippen LogP contribution in [0.5, 0.6) is 0 Å². The van der Waals surface area contributed by atoms with Gasteiger partial charge in [0.15, 0.2) is 0 Å². The Balaban J connectivity index is 1.92. The molecule has 0 atom stereocenters. The quantitative estimate of drug-likeness (QED) is 0.637. The molecule has 0 radical (unpaired) electrons. The van der Waals surface area contributed by atoms with E-state index in [4.69, 9.17) is 0 Å². The fourth-order valence-electron chi connectivity index (χ4n) is 2.39. The van der Waals surface area contributed by atoms with Gasteiger partial charge in [0.25, 0.3) is 0 Å². The highest BCUT2D eigenvalue weighted by molar-refractivity contribution is 8.04. The van der Waals surface area contributed by atoms with Gasteiger partial charge in [0.2, 0.25) is 11.7 Å². The number of carbonyl (C=O) groups is 2. The fourth-order valence-corrected chi connectivity index (χ4v) is 3.40. The number of para-hydroxylation sites is 1. The molecule has 0 spiro atoms. The van der Waals surface area contributed by atoms with Crippen molar-refractivity contribution in [3.63, 3.8) is 0 Å². The Morgan fingerprint density at radius 3 is 2.35 bits per heavy atom. The molecule has 5 heteroatoms. The molecule has 1 amide bonds. The Labute approximate surface area is 139 Å². The predicted octanol–water partition coefficient (Wildman–Crippen LogP) is 3.72. The zero-order valence-corrected chi connectivity index (χ0v) is 13.7. The second-order valence-corrected chi connectivity index (χ2v) is 6.23. The van der Waals surface area contributed by atoms with Crippen molar-refractivity contribution in [3.8, 4) is 0 Å². The van der Waals surface area contributed by atoms with Crippen molar-refractivity contribution in [2.24, 2.45) is 0 Å². The second kappa shape index (κ2) is 6.30. The largest absolute Gasteiger partial charge is 0.288 e. The van der Waals surface area contributed by atoms with Crippen LogP contribution in [0.4, 0.5) is 5.69 Å². The second-order valence-electron chi connectivity index (χ2n) is 5.14. The Kier molecular flexibility index (Phi) is 4.21. The fraction of sp³-hybridized carbons (Fsp3) is 0.111. The molecule has 0 unspecified atom stereocenters. The molecule has 3 rings (SSSR count). The van der Waals surface area contributed by atoms with Crippen molar-refractivity contribution in [1.29, 1.82) is 0 Å². The van der Waals surface area contributed by atoms with Gasteiger partial charge >= 0.3 is 0 Å². The number of Topliss-reactive ketones (excluding diaryl/α,β-unsaturated/α-hetero) is 1. The SMILES string of the molecule is CC(=O)N(/C=C1\Sc2ccccc2C1=O)N(C)c1ccccc1. The third-order valence-electron chi connectivity index (χ3n) is 3.59. The summed E-state index contributed by atoms with van der Waals surface area (Å²) in [6, 6.07) is 17.0. The zero-order valence-electron chi connectivity index (χ0n) is 12.9. The smallest absolute Gasteiger partial charge is 0.242 e. The van der Waals surface area contributed by atoms with E-state index >= 15 is 0 Å². The molecule has 23 heavy (non-hydrogen) atoms. The van der Waals surface area contributed by atoms with Gasteiger partial charge in [-0.15, -0.1) is 0 Å². The molecule has 116 valence electrons. The standard InChI is InChI=1S/C18H16N2O2S/c1-13(21)20(19(2)14-8-4-3-5-9-14)12-17-18(22)15-10-6-7-11-16(15)23-17/h3-12H,1-2H3/b17-12-. The molecule has 1 aliphatic rings. The average Bonchev–Trinajstić information content (AvgIpc) is 2.89. The van der Waals surface area contributed by atoms with Crippen LogP contribution in [-0.4, -0.2) is 23.7 Å². The molecular weight excluding hydrogens is 308 g/mol. The highest BCUT2D eigenvalue weighted by Gasteiger charge is 2.27. The number of carbonyl (C=O) groups excluding carboxylic acids is 2. The minimum atomic E-state index is -0.159. The first-order valence-electron chi connectivity index (χ1n) is 7.20. The summed E-state index contributed by atoms with van der Waals surface area (Å²) < 4.78 is 0. The van der Waals surface area contributed by atoms with Crippen molar-refractivity contribution >= 4 is 29.1 Å². The van der Waals surface area contributed by atoms with Gasteiger partial charge in [0, 0.05) is 30.6 Å². The van der Waals surface area contributed by atoms with Crippen LogP contribution in [0.15, 0.2) is 70.6 Å². The molecule has 0 aromatic heterocycles. The van der Waals surface area contributed by atoms with Crippen molar-refractivity contribution in [3.05, 3.63) is 71.3 Å². The van der Waals surface area contributed by atoms with Gasteiger partial charge in [-0.2, -0.15) is 0 Å². The van der Waals surface area contributed by atoms with Gasteiger partial charge < -0.3 is 0 Å². The van der Waals surface area contributed by atoms with Crippen LogP contribution < -0.4 is 5.01 Å². The van der Waals surface area contributed by atoms with Crippen LogP contribution in [-0.2, 0) is 4.79 Å². The lowest BCUT2D eigenvalue weighted by Gasteiger charge is -2.30. The first-order chi connectivity index (χ1) is 11.1. The van der Waals surface area contributed by atoms with E-state index in [0.717, 1.165) is 10.6 Å². The lowest BCUT2D eigenvalue weighted by atomic mass is 10.1. The number of amides is 1. The maximum absolute atomic E-state index is 12.5. The number of thioether (sulfide) groups is 1. The minimum Gasteiger partial charge on any atom is -0.288 e. The van der Waals surface area contributed by atoms with Gasteiger partial charge in [0.1, 0.15) is 0 Å². The maximum atomic E-state index is 12.5. The van der Waals surface area contributed by atoms with Crippen LogP contribution in [0, 0.1) is 0 Å². The van der Waals surface area contributed by atoms with Gasteiger partial charge in [-0.3, -0.25) is 14.6 Å². The van der Waals surface area contributed by atoms with Gasteiger partial charge in [-0.05, 0) is 24.3 Å². The number of rotatable bonds is 3. The van der Waals surface area contributed by atoms with Gasteiger partial charge in [-0.1, -0.05) is 42.1 Å². The summed E-state index contributed by atoms with van der Waals surface area (Å²) in [5, 5.41) is 3.19. The van der Waals surface area contributed by atoms with E-state index in [-0.39, 0.29) is 11.7 Å². The number of ketones is 1. The number of fused-ring (bicyclic) bond motifs is 1. The summed E-state index contributed by atoms with van der Waals surface area (Å²) in [5.74, 6) is -0.202. The monoisotopic (exact) mass is 324 g/mol.